The molecule has 1 unspecified atom stereocenters. The predicted molar refractivity (Wildman–Crippen MR) is 171 cm³/mol. The first kappa shape index (κ1) is 30.1. The lowest BCUT2D eigenvalue weighted by atomic mass is 10.1. The fraction of sp³-hybridized carbons (Fsp3) is 0.0909. The lowest BCUT2D eigenvalue weighted by molar-refractivity contribution is -0.121. The Balaban J connectivity index is 1.33. The van der Waals surface area contributed by atoms with E-state index in [-0.39, 0.29) is 34.6 Å². The van der Waals surface area contributed by atoms with E-state index >= 15 is 0 Å². The van der Waals surface area contributed by atoms with E-state index in [1.54, 1.807) is 72.8 Å². The highest BCUT2D eigenvalue weighted by Gasteiger charge is 2.41. The number of imide groups is 1. The first-order valence-electron chi connectivity index (χ1n) is 13.2. The number of benzene rings is 4. The van der Waals surface area contributed by atoms with Crippen LogP contribution >= 0.6 is 35.0 Å². The number of nitrogens with zero attached hydrogens (tertiary/aromatic N) is 1. The lowest BCUT2D eigenvalue weighted by Crippen LogP contribution is -2.31. The van der Waals surface area contributed by atoms with Gasteiger partial charge < -0.3 is 10.6 Å². The summed E-state index contributed by atoms with van der Waals surface area (Å²) in [5.74, 6) is -1.70. The van der Waals surface area contributed by atoms with Crippen molar-refractivity contribution in [2.24, 2.45) is 0 Å². The third kappa shape index (κ3) is 7.35. The number of rotatable bonds is 8. The average molecular weight is 631 g/mol. The zero-order valence-electron chi connectivity index (χ0n) is 22.8. The Labute approximate surface area is 262 Å². The number of carbonyl (C=O) groups excluding carboxylic acids is 4. The van der Waals surface area contributed by atoms with Crippen molar-refractivity contribution < 1.29 is 19.2 Å². The second-order valence-corrected chi connectivity index (χ2v) is 11.9. The number of hydrogen-bond donors (Lipinski definition) is 2. The van der Waals surface area contributed by atoms with Crippen LogP contribution in [-0.4, -0.2) is 28.9 Å². The average Bonchev–Trinajstić information content (AvgIpc) is 3.26. The largest absolute Gasteiger partial charge is 0.321 e. The van der Waals surface area contributed by atoms with Crippen LogP contribution in [0.5, 0.6) is 0 Å². The molecule has 7 nitrogen and oxygen atoms in total. The monoisotopic (exact) mass is 629 g/mol. The third-order valence-electron chi connectivity index (χ3n) is 6.54. The zero-order chi connectivity index (χ0) is 30.5. The Bertz CT molecular complexity index is 1740. The second-order valence-electron chi connectivity index (χ2n) is 9.74. The summed E-state index contributed by atoms with van der Waals surface area (Å²) < 4.78 is 0. The number of anilines is 2. The van der Waals surface area contributed by atoms with Crippen molar-refractivity contribution in [3.8, 4) is 0 Å². The molecule has 1 aliphatic rings. The quantitative estimate of drug-likeness (QED) is 0.160. The van der Waals surface area contributed by atoms with Gasteiger partial charge in [-0.3, -0.25) is 19.2 Å². The number of nitrogens with one attached hydrogen (secondary N) is 2. The van der Waals surface area contributed by atoms with Gasteiger partial charge in [0.05, 0.1) is 16.0 Å². The van der Waals surface area contributed by atoms with E-state index in [1.165, 1.54) is 17.8 Å². The molecule has 0 aromatic heterocycles. The van der Waals surface area contributed by atoms with Crippen molar-refractivity contribution >= 4 is 76.0 Å². The number of carbonyl (C=O) groups is 4. The van der Waals surface area contributed by atoms with E-state index in [9.17, 15) is 19.2 Å². The normalized spacial score (nSPS) is 15.0. The van der Waals surface area contributed by atoms with Gasteiger partial charge in [0.25, 0.3) is 11.8 Å². The summed E-state index contributed by atoms with van der Waals surface area (Å²) in [5, 5.41) is 5.49. The van der Waals surface area contributed by atoms with Gasteiger partial charge in [-0.2, -0.15) is 0 Å². The van der Waals surface area contributed by atoms with Gasteiger partial charge in [-0.1, -0.05) is 77.3 Å². The summed E-state index contributed by atoms with van der Waals surface area (Å²) in [7, 11) is 0. The van der Waals surface area contributed by atoms with Gasteiger partial charge in [-0.15, -0.1) is 11.8 Å². The summed E-state index contributed by atoms with van der Waals surface area (Å²) in [6.45, 7) is 1.96. The molecule has 2 N–H and O–H groups in total. The number of thioether (sulfide) groups is 1. The van der Waals surface area contributed by atoms with Crippen LogP contribution < -0.4 is 15.5 Å². The summed E-state index contributed by atoms with van der Waals surface area (Å²) in [6.07, 6.45) is 1.60. The topological polar surface area (TPSA) is 95.6 Å². The van der Waals surface area contributed by atoms with Crippen molar-refractivity contribution in [1.82, 2.24) is 5.32 Å². The third-order valence-corrected chi connectivity index (χ3v) is 8.26. The highest BCUT2D eigenvalue weighted by molar-refractivity contribution is 8.00. The second kappa shape index (κ2) is 13.3. The lowest BCUT2D eigenvalue weighted by Gasteiger charge is -2.16. The highest BCUT2D eigenvalue weighted by Crippen LogP contribution is 2.38. The molecule has 1 aliphatic heterocycles. The standard InChI is InChI=1S/C33H25Cl2N3O4S/c1-20-10-12-21(13-11-20)16-27(37-31(40)22-6-3-2-4-7-22)32(41)36-24-8-5-9-25(18-24)43-29-19-30(39)38(33(29)42)28-15-14-23(34)17-26(28)35/h2-18,29H,19H2,1H3,(H,36,41)(H,37,40)/b27-16-. The molecule has 0 radical (unpaired) electrons. The number of aryl methyl sites for hydroxylation is 1. The molecular formula is C33H25Cl2N3O4S. The SMILES string of the molecule is Cc1ccc(/C=C(\NC(=O)c2ccccc2)C(=O)Nc2cccc(SC3CC(=O)N(c4ccc(Cl)cc4Cl)C3=O)c2)cc1. The molecule has 43 heavy (non-hydrogen) atoms. The van der Waals surface area contributed by atoms with Gasteiger partial charge in [0.15, 0.2) is 0 Å². The maximum Gasteiger partial charge on any atom is 0.272 e. The Morgan fingerprint density at radius 2 is 1.65 bits per heavy atom. The fourth-order valence-corrected chi connectivity index (χ4v) is 6.00. The molecule has 216 valence electrons. The first-order valence-corrected chi connectivity index (χ1v) is 14.9. The summed E-state index contributed by atoms with van der Waals surface area (Å²) >= 11 is 13.4. The minimum absolute atomic E-state index is 0.00596. The summed E-state index contributed by atoms with van der Waals surface area (Å²) in [5.41, 5.74) is 3.01. The smallest absolute Gasteiger partial charge is 0.272 e. The van der Waals surface area contributed by atoms with Crippen LogP contribution in [0, 0.1) is 6.92 Å². The molecule has 1 saturated heterocycles. The maximum atomic E-state index is 13.4. The van der Waals surface area contributed by atoms with E-state index in [0.29, 0.717) is 21.2 Å². The van der Waals surface area contributed by atoms with Gasteiger partial charge in [-0.05, 0) is 67.1 Å². The van der Waals surface area contributed by atoms with Crippen LogP contribution in [0.15, 0.2) is 108 Å². The molecule has 0 bridgehead atoms. The minimum Gasteiger partial charge on any atom is -0.321 e. The van der Waals surface area contributed by atoms with E-state index in [2.05, 4.69) is 10.6 Å². The predicted octanol–water partition coefficient (Wildman–Crippen LogP) is 7.14. The number of halogens is 2. The molecule has 0 aliphatic carbocycles. The maximum absolute atomic E-state index is 13.4. The van der Waals surface area contributed by atoms with Crippen molar-refractivity contribution in [1.29, 1.82) is 0 Å². The molecule has 4 amide bonds. The molecule has 4 aromatic carbocycles. The Kier molecular flexibility index (Phi) is 9.31. The molecule has 1 fully saturated rings. The van der Waals surface area contributed by atoms with Crippen molar-refractivity contribution in [3.05, 3.63) is 129 Å². The van der Waals surface area contributed by atoms with Crippen LogP contribution in [0.25, 0.3) is 6.08 Å². The van der Waals surface area contributed by atoms with E-state index in [4.69, 9.17) is 23.2 Å². The highest BCUT2D eigenvalue weighted by atomic mass is 35.5. The van der Waals surface area contributed by atoms with Crippen molar-refractivity contribution in [2.75, 3.05) is 10.2 Å². The summed E-state index contributed by atoms with van der Waals surface area (Å²) in [4.78, 5) is 54.1. The fourth-order valence-electron chi connectivity index (χ4n) is 4.39. The van der Waals surface area contributed by atoms with Gasteiger partial charge in [0.1, 0.15) is 5.70 Å². The summed E-state index contributed by atoms with van der Waals surface area (Å²) in [6, 6.07) is 27.7. The van der Waals surface area contributed by atoms with Crippen LogP contribution in [0.2, 0.25) is 10.0 Å². The Morgan fingerprint density at radius 1 is 0.907 bits per heavy atom. The van der Waals surface area contributed by atoms with E-state index < -0.39 is 17.1 Å². The van der Waals surface area contributed by atoms with Gasteiger partial charge >= 0.3 is 0 Å². The number of amides is 4. The van der Waals surface area contributed by atoms with Gasteiger partial charge in [-0.25, -0.2) is 4.90 Å². The molecule has 0 spiro atoms. The molecule has 4 aromatic rings. The Morgan fingerprint density at radius 3 is 2.37 bits per heavy atom. The Hall–Kier alpha value is -4.37. The van der Waals surface area contributed by atoms with Crippen molar-refractivity contribution in [2.45, 2.75) is 23.5 Å². The minimum atomic E-state index is -0.674. The first-order chi connectivity index (χ1) is 20.7. The molecule has 1 atom stereocenters. The van der Waals surface area contributed by atoms with Gasteiger partial charge in [0.2, 0.25) is 11.8 Å². The molecule has 1 heterocycles. The molecular weight excluding hydrogens is 605 g/mol. The van der Waals surface area contributed by atoms with Crippen LogP contribution in [0.4, 0.5) is 11.4 Å². The zero-order valence-corrected chi connectivity index (χ0v) is 25.2. The van der Waals surface area contributed by atoms with Crippen LogP contribution in [0.3, 0.4) is 0 Å². The van der Waals surface area contributed by atoms with Crippen molar-refractivity contribution in [3.63, 3.8) is 0 Å². The van der Waals surface area contributed by atoms with E-state index in [0.717, 1.165) is 16.0 Å². The number of hydrogen-bond acceptors (Lipinski definition) is 5. The van der Waals surface area contributed by atoms with Crippen LogP contribution in [0.1, 0.15) is 27.9 Å². The van der Waals surface area contributed by atoms with E-state index in [1.807, 2.05) is 31.2 Å². The van der Waals surface area contributed by atoms with Crippen LogP contribution in [-0.2, 0) is 14.4 Å². The molecule has 0 saturated carbocycles. The molecule has 10 heteroatoms. The molecule has 5 rings (SSSR count). The van der Waals surface area contributed by atoms with Gasteiger partial charge in [0, 0.05) is 27.6 Å².